The molecule has 3 nitrogen and oxygen atoms in total. The summed E-state index contributed by atoms with van der Waals surface area (Å²) in [4.78, 5) is 16.4. The maximum absolute atomic E-state index is 12.6. The van der Waals surface area contributed by atoms with E-state index in [4.69, 9.17) is 0 Å². The van der Waals surface area contributed by atoms with Crippen molar-refractivity contribution in [2.45, 2.75) is 57.5 Å². The molecule has 0 radical (unpaired) electrons. The Kier molecular flexibility index (Phi) is 7.08. The van der Waals surface area contributed by atoms with Gasteiger partial charge in [-0.25, -0.2) is 0 Å². The summed E-state index contributed by atoms with van der Waals surface area (Å²) in [7, 11) is 4.36. The van der Waals surface area contributed by atoms with E-state index in [1.807, 2.05) is 23.5 Å². The van der Waals surface area contributed by atoms with Crippen molar-refractivity contribution >= 4 is 17.2 Å². The van der Waals surface area contributed by atoms with E-state index in [0.29, 0.717) is 18.0 Å². The van der Waals surface area contributed by atoms with Crippen LogP contribution < -0.4 is 5.32 Å². The zero-order valence-electron chi connectivity index (χ0n) is 16.8. The second-order valence-corrected chi connectivity index (χ2v) is 8.94. The average molecular weight is 385 g/mol. The molecule has 4 heteroatoms. The van der Waals surface area contributed by atoms with E-state index in [2.05, 4.69) is 60.9 Å². The van der Waals surface area contributed by atoms with Crippen LogP contribution in [0, 0.1) is 5.92 Å². The van der Waals surface area contributed by atoms with Gasteiger partial charge in [0.1, 0.15) is 0 Å². The molecule has 0 aliphatic heterocycles. The van der Waals surface area contributed by atoms with Crippen LogP contribution in [0.25, 0.3) is 0 Å². The lowest BCUT2D eigenvalue weighted by atomic mass is 9.80. The van der Waals surface area contributed by atoms with Crippen molar-refractivity contribution in [2.75, 3.05) is 14.1 Å². The quantitative estimate of drug-likeness (QED) is 0.703. The van der Waals surface area contributed by atoms with E-state index in [-0.39, 0.29) is 5.91 Å². The van der Waals surface area contributed by atoms with E-state index >= 15 is 0 Å². The number of rotatable bonds is 7. The molecule has 0 saturated heterocycles. The molecule has 1 saturated carbocycles. The van der Waals surface area contributed by atoms with Crippen LogP contribution in [0.3, 0.4) is 0 Å². The molecule has 27 heavy (non-hydrogen) atoms. The standard InChI is InChI=1S/C23H32N2OS/c1-4-6-17-8-10-19(11-9-17)23(26)24-20-14-12-18(13-15-20)22(25(2)3)21-7-5-16-27-21/h5,7-11,16,18,20,22H,4,6,12-15H2,1-3H3,(H,24,26). The molecule has 0 spiro atoms. The summed E-state index contributed by atoms with van der Waals surface area (Å²) in [6.45, 7) is 2.18. The maximum Gasteiger partial charge on any atom is 0.251 e. The second-order valence-electron chi connectivity index (χ2n) is 7.96. The highest BCUT2D eigenvalue weighted by Crippen LogP contribution is 2.39. The minimum absolute atomic E-state index is 0.0731. The lowest BCUT2D eigenvalue weighted by Gasteiger charge is -2.37. The zero-order chi connectivity index (χ0) is 19.2. The van der Waals surface area contributed by atoms with Crippen LogP contribution >= 0.6 is 11.3 Å². The Morgan fingerprint density at radius 2 is 1.85 bits per heavy atom. The van der Waals surface area contributed by atoms with E-state index in [1.165, 1.54) is 23.3 Å². The van der Waals surface area contributed by atoms with Gasteiger partial charge in [-0.3, -0.25) is 4.79 Å². The number of carbonyl (C=O) groups excluding carboxylic acids is 1. The van der Waals surface area contributed by atoms with Crippen LogP contribution in [0.4, 0.5) is 0 Å². The van der Waals surface area contributed by atoms with Gasteiger partial charge in [0.05, 0.1) is 0 Å². The van der Waals surface area contributed by atoms with Gasteiger partial charge in [0.15, 0.2) is 0 Å². The number of thiophene rings is 1. The van der Waals surface area contributed by atoms with Gasteiger partial charge in [-0.1, -0.05) is 31.5 Å². The van der Waals surface area contributed by atoms with Crippen molar-refractivity contribution in [1.29, 1.82) is 0 Å². The first-order valence-corrected chi connectivity index (χ1v) is 11.1. The molecule has 1 aliphatic rings. The molecule has 2 aromatic rings. The fraction of sp³-hybridized carbons (Fsp3) is 0.522. The van der Waals surface area contributed by atoms with E-state index in [1.54, 1.807) is 0 Å². The number of benzene rings is 1. The first kappa shape index (κ1) is 20.1. The number of nitrogens with one attached hydrogen (secondary N) is 1. The molecule has 0 bridgehead atoms. The van der Waals surface area contributed by atoms with Crippen LogP contribution in [-0.2, 0) is 6.42 Å². The summed E-state index contributed by atoms with van der Waals surface area (Å²) in [6, 6.07) is 13.3. The van der Waals surface area contributed by atoms with E-state index in [0.717, 1.165) is 31.2 Å². The summed E-state index contributed by atoms with van der Waals surface area (Å²) in [6.07, 6.45) is 6.68. The van der Waals surface area contributed by atoms with Gasteiger partial charge in [-0.2, -0.15) is 0 Å². The van der Waals surface area contributed by atoms with E-state index < -0.39 is 0 Å². The molecule has 1 heterocycles. The van der Waals surface area contributed by atoms with Crippen LogP contribution in [0.1, 0.15) is 65.9 Å². The highest BCUT2D eigenvalue weighted by molar-refractivity contribution is 7.10. The molecule has 1 amide bonds. The van der Waals surface area contributed by atoms with Gasteiger partial charge in [0.2, 0.25) is 0 Å². The van der Waals surface area contributed by atoms with Crippen molar-refractivity contribution in [3.63, 3.8) is 0 Å². The van der Waals surface area contributed by atoms with Crippen molar-refractivity contribution in [3.8, 4) is 0 Å². The number of aryl methyl sites for hydroxylation is 1. The molecule has 1 aromatic heterocycles. The summed E-state index contributed by atoms with van der Waals surface area (Å²) in [5.41, 5.74) is 2.08. The average Bonchev–Trinajstić information content (AvgIpc) is 3.18. The van der Waals surface area contributed by atoms with Crippen LogP contribution in [-0.4, -0.2) is 30.9 Å². The lowest BCUT2D eigenvalue weighted by Crippen LogP contribution is -2.39. The van der Waals surface area contributed by atoms with Crippen LogP contribution in [0.15, 0.2) is 41.8 Å². The number of nitrogens with zero attached hydrogens (tertiary/aromatic N) is 1. The van der Waals surface area contributed by atoms with Gasteiger partial charge >= 0.3 is 0 Å². The molecule has 1 aromatic carbocycles. The number of amides is 1. The Morgan fingerprint density at radius 3 is 2.41 bits per heavy atom. The molecule has 1 N–H and O–H groups in total. The summed E-state index contributed by atoms with van der Waals surface area (Å²) < 4.78 is 0. The third-order valence-electron chi connectivity index (χ3n) is 5.70. The SMILES string of the molecule is CCCc1ccc(C(=O)NC2CCC(C(c3cccs3)N(C)C)CC2)cc1. The van der Waals surface area contributed by atoms with Gasteiger partial charge in [-0.15, -0.1) is 11.3 Å². The third-order valence-corrected chi connectivity index (χ3v) is 6.64. The number of carbonyl (C=O) groups is 1. The van der Waals surface area contributed by atoms with Gasteiger partial charge in [0, 0.05) is 22.5 Å². The lowest BCUT2D eigenvalue weighted by molar-refractivity contribution is 0.0907. The molecule has 1 atom stereocenters. The summed E-state index contributed by atoms with van der Waals surface area (Å²) in [5.74, 6) is 0.740. The van der Waals surface area contributed by atoms with Gasteiger partial charge in [0.25, 0.3) is 5.91 Å². The molecular weight excluding hydrogens is 352 g/mol. The molecule has 1 fully saturated rings. The van der Waals surface area contributed by atoms with Crippen LogP contribution in [0.2, 0.25) is 0 Å². The largest absolute Gasteiger partial charge is 0.349 e. The zero-order valence-corrected chi connectivity index (χ0v) is 17.6. The molecular formula is C23H32N2OS. The molecule has 1 unspecified atom stereocenters. The fourth-order valence-electron chi connectivity index (χ4n) is 4.33. The predicted molar refractivity (Wildman–Crippen MR) is 114 cm³/mol. The topological polar surface area (TPSA) is 32.3 Å². The number of hydrogen-bond donors (Lipinski definition) is 1. The van der Waals surface area contributed by atoms with Crippen molar-refractivity contribution < 1.29 is 4.79 Å². The maximum atomic E-state index is 12.6. The molecule has 1 aliphatic carbocycles. The normalized spacial score (nSPS) is 21.2. The van der Waals surface area contributed by atoms with Crippen LogP contribution in [0.5, 0.6) is 0 Å². The highest BCUT2D eigenvalue weighted by Gasteiger charge is 2.31. The van der Waals surface area contributed by atoms with Gasteiger partial charge in [-0.05, 0) is 81.3 Å². The summed E-state index contributed by atoms with van der Waals surface area (Å²) >= 11 is 1.85. The van der Waals surface area contributed by atoms with Crippen molar-refractivity contribution in [1.82, 2.24) is 10.2 Å². The molecule has 146 valence electrons. The first-order valence-electron chi connectivity index (χ1n) is 10.2. The second kappa shape index (κ2) is 9.52. The highest BCUT2D eigenvalue weighted by atomic mass is 32.1. The minimum Gasteiger partial charge on any atom is -0.349 e. The first-order chi connectivity index (χ1) is 13.1. The van der Waals surface area contributed by atoms with Crippen molar-refractivity contribution in [3.05, 3.63) is 57.8 Å². The van der Waals surface area contributed by atoms with Gasteiger partial charge < -0.3 is 10.2 Å². The number of hydrogen-bond acceptors (Lipinski definition) is 3. The Morgan fingerprint density at radius 1 is 1.15 bits per heavy atom. The monoisotopic (exact) mass is 384 g/mol. The predicted octanol–water partition coefficient (Wildman–Crippen LogP) is 5.29. The summed E-state index contributed by atoms with van der Waals surface area (Å²) in [5, 5.41) is 5.43. The molecule has 3 rings (SSSR count). The minimum atomic E-state index is 0.0731. The Balaban J connectivity index is 1.53. The Labute approximate surface area is 167 Å². The Hall–Kier alpha value is -1.65. The van der Waals surface area contributed by atoms with E-state index in [9.17, 15) is 4.79 Å². The third kappa shape index (κ3) is 5.20. The smallest absolute Gasteiger partial charge is 0.251 e. The Bertz CT molecular complexity index is 700. The fourth-order valence-corrected chi connectivity index (χ4v) is 5.34. The van der Waals surface area contributed by atoms with Crippen molar-refractivity contribution in [2.24, 2.45) is 5.92 Å².